The van der Waals surface area contributed by atoms with Crippen molar-refractivity contribution < 1.29 is 17.5 Å². The average Bonchev–Trinajstić information content (AvgIpc) is 2.92. The Balaban J connectivity index is 1.79. The van der Waals surface area contributed by atoms with Crippen LogP contribution in [0.2, 0.25) is 0 Å². The largest absolute Gasteiger partial charge is 0.393 e. The highest BCUT2D eigenvalue weighted by molar-refractivity contribution is 7.87. The van der Waals surface area contributed by atoms with Gasteiger partial charge in [0.25, 0.3) is 5.69 Å². The lowest BCUT2D eigenvalue weighted by Crippen LogP contribution is -2.10. The summed E-state index contributed by atoms with van der Waals surface area (Å²) in [6, 6.07) is 10.3. The molecule has 2 aromatic carbocycles. The molecule has 0 aromatic heterocycles. The maximum Gasteiger partial charge on any atom is 0.339 e. The maximum absolute atomic E-state index is 12.5. The number of nitrogen functional groups attached to an aromatic ring is 1. The molecule has 1 saturated carbocycles. The third-order valence-electron chi connectivity index (χ3n) is 4.90. The van der Waals surface area contributed by atoms with E-state index in [2.05, 4.69) is 0 Å². The molecule has 0 heterocycles. The van der Waals surface area contributed by atoms with Gasteiger partial charge in [0, 0.05) is 0 Å². The Morgan fingerprint density at radius 2 is 1.63 bits per heavy atom. The van der Waals surface area contributed by atoms with Crippen LogP contribution in [-0.2, 0) is 10.1 Å². The number of hydrogen-bond donors (Lipinski definition) is 1. The molecule has 1 aliphatic rings. The second-order valence-corrected chi connectivity index (χ2v) is 8.32. The molecule has 0 atom stereocenters. The zero-order valence-corrected chi connectivity index (χ0v) is 15.7. The summed E-state index contributed by atoms with van der Waals surface area (Å²) in [5, 5.41) is 10.9. The lowest BCUT2D eigenvalue weighted by Gasteiger charge is -2.15. The van der Waals surface area contributed by atoms with E-state index in [1.54, 1.807) is 0 Å². The predicted molar refractivity (Wildman–Crippen MR) is 102 cm³/mol. The van der Waals surface area contributed by atoms with Crippen LogP contribution >= 0.6 is 0 Å². The normalized spacial score (nSPS) is 15.9. The monoisotopic (exact) mass is 390 g/mol. The molecule has 27 heavy (non-hydrogen) atoms. The quantitative estimate of drug-likeness (QED) is 0.266. The first-order valence-electron chi connectivity index (χ1n) is 8.95. The Hall–Kier alpha value is -2.61. The summed E-state index contributed by atoms with van der Waals surface area (Å²) < 4.78 is 30.0. The van der Waals surface area contributed by atoms with E-state index in [4.69, 9.17) is 9.92 Å². The highest BCUT2D eigenvalue weighted by atomic mass is 32.2. The average molecular weight is 390 g/mol. The number of nitro benzene ring substituents is 1. The number of hydrogen-bond acceptors (Lipinski definition) is 6. The van der Waals surface area contributed by atoms with Crippen LogP contribution in [0, 0.1) is 10.1 Å². The smallest absolute Gasteiger partial charge is 0.339 e. The highest BCUT2D eigenvalue weighted by Crippen LogP contribution is 2.33. The zero-order valence-electron chi connectivity index (χ0n) is 14.8. The molecule has 1 aliphatic carbocycles. The van der Waals surface area contributed by atoms with Crippen LogP contribution in [0.5, 0.6) is 5.75 Å². The summed E-state index contributed by atoms with van der Waals surface area (Å²) in [5.41, 5.74) is 6.20. The number of nitrogens with zero attached hydrogens (tertiary/aromatic N) is 1. The molecule has 7 nitrogen and oxygen atoms in total. The van der Waals surface area contributed by atoms with Crippen molar-refractivity contribution in [2.24, 2.45) is 0 Å². The molecule has 0 aliphatic heterocycles. The molecule has 0 radical (unpaired) electrons. The van der Waals surface area contributed by atoms with Gasteiger partial charge in [0.15, 0.2) is 0 Å². The van der Waals surface area contributed by atoms with Crippen molar-refractivity contribution in [1.82, 2.24) is 0 Å². The van der Waals surface area contributed by atoms with E-state index >= 15 is 0 Å². The van der Waals surface area contributed by atoms with Gasteiger partial charge >= 0.3 is 10.1 Å². The minimum atomic E-state index is -4.09. The van der Waals surface area contributed by atoms with E-state index in [-0.39, 0.29) is 16.3 Å². The third-order valence-corrected chi connectivity index (χ3v) is 6.16. The molecular formula is C19H22N2O5S. The Bertz CT molecular complexity index is 918. The first-order chi connectivity index (χ1) is 12.9. The Morgan fingerprint density at radius 1 is 1.00 bits per heavy atom. The molecule has 0 unspecified atom stereocenters. The van der Waals surface area contributed by atoms with E-state index in [1.165, 1.54) is 49.9 Å². The first-order valence-corrected chi connectivity index (χ1v) is 10.4. The van der Waals surface area contributed by atoms with Gasteiger partial charge in [-0.1, -0.05) is 37.8 Å². The molecule has 144 valence electrons. The van der Waals surface area contributed by atoms with Crippen molar-refractivity contribution in [2.45, 2.75) is 49.3 Å². The van der Waals surface area contributed by atoms with E-state index in [1.807, 2.05) is 12.1 Å². The first kappa shape index (κ1) is 19.2. The number of nitro groups is 1. The maximum atomic E-state index is 12.5. The van der Waals surface area contributed by atoms with Crippen molar-refractivity contribution in [3.8, 4) is 5.75 Å². The second-order valence-electron chi connectivity index (χ2n) is 6.77. The Morgan fingerprint density at radius 3 is 2.22 bits per heavy atom. The van der Waals surface area contributed by atoms with Crippen molar-refractivity contribution in [2.75, 3.05) is 5.73 Å². The van der Waals surface area contributed by atoms with Gasteiger partial charge in [-0.25, -0.2) is 0 Å². The lowest BCUT2D eigenvalue weighted by molar-refractivity contribution is -0.383. The zero-order chi connectivity index (χ0) is 19.4. The molecule has 0 spiro atoms. The van der Waals surface area contributed by atoms with Gasteiger partial charge in [-0.05, 0) is 48.6 Å². The summed E-state index contributed by atoms with van der Waals surface area (Å²) >= 11 is 0. The van der Waals surface area contributed by atoms with Crippen LogP contribution in [-0.4, -0.2) is 13.3 Å². The minimum Gasteiger partial charge on any atom is -0.393 e. The third kappa shape index (κ3) is 4.57. The van der Waals surface area contributed by atoms with Crippen LogP contribution in [0.15, 0.2) is 47.4 Å². The Labute approximate surface area is 158 Å². The van der Waals surface area contributed by atoms with Crippen LogP contribution in [0.25, 0.3) is 0 Å². The topological polar surface area (TPSA) is 113 Å². The van der Waals surface area contributed by atoms with Gasteiger partial charge in [-0.3, -0.25) is 10.1 Å². The molecule has 2 N–H and O–H groups in total. The van der Waals surface area contributed by atoms with Gasteiger partial charge in [0.05, 0.1) is 11.0 Å². The van der Waals surface area contributed by atoms with Gasteiger partial charge < -0.3 is 9.92 Å². The van der Waals surface area contributed by atoms with Crippen molar-refractivity contribution in [3.05, 3.63) is 58.1 Å². The standard InChI is InChI=1S/C19H22N2O5S/c20-18-12-9-16(13-19(18)21(22)23)26-27(24,25)17-10-7-15(8-11-17)14-5-3-1-2-4-6-14/h7-14H,1-6,20H2. The van der Waals surface area contributed by atoms with Crippen molar-refractivity contribution in [1.29, 1.82) is 0 Å². The summed E-state index contributed by atoms with van der Waals surface area (Å²) in [4.78, 5) is 10.3. The van der Waals surface area contributed by atoms with Gasteiger partial charge in [-0.2, -0.15) is 8.42 Å². The number of anilines is 1. The summed E-state index contributed by atoms with van der Waals surface area (Å²) in [6.45, 7) is 0. The molecular weight excluding hydrogens is 368 g/mol. The van der Waals surface area contributed by atoms with Gasteiger partial charge in [0.1, 0.15) is 16.3 Å². The minimum absolute atomic E-state index is 0.0133. The fraction of sp³-hybridized carbons (Fsp3) is 0.368. The fourth-order valence-corrected chi connectivity index (χ4v) is 4.35. The van der Waals surface area contributed by atoms with Crippen LogP contribution in [0.1, 0.15) is 50.0 Å². The van der Waals surface area contributed by atoms with Crippen molar-refractivity contribution in [3.63, 3.8) is 0 Å². The SMILES string of the molecule is Nc1ccc(OS(=O)(=O)c2ccc(C3CCCCCC3)cc2)cc1[N+](=O)[O-]. The van der Waals surface area contributed by atoms with Crippen LogP contribution in [0.4, 0.5) is 11.4 Å². The summed E-state index contributed by atoms with van der Waals surface area (Å²) in [5.74, 6) is 0.314. The number of nitrogens with two attached hydrogens (primary N) is 1. The molecule has 0 bridgehead atoms. The van der Waals surface area contributed by atoms with Crippen LogP contribution < -0.4 is 9.92 Å². The summed E-state index contributed by atoms with van der Waals surface area (Å²) in [6.07, 6.45) is 7.15. The molecule has 0 amide bonds. The fourth-order valence-electron chi connectivity index (χ4n) is 3.43. The van der Waals surface area contributed by atoms with E-state index < -0.39 is 20.7 Å². The van der Waals surface area contributed by atoms with E-state index in [0.29, 0.717) is 5.92 Å². The molecule has 3 rings (SSSR count). The molecule has 2 aromatic rings. The Kier molecular flexibility index (Phi) is 5.65. The molecule has 8 heteroatoms. The summed E-state index contributed by atoms with van der Waals surface area (Å²) in [7, 11) is -4.09. The predicted octanol–water partition coefficient (Wildman–Crippen LogP) is 4.38. The number of benzene rings is 2. The second kappa shape index (κ2) is 7.96. The highest BCUT2D eigenvalue weighted by Gasteiger charge is 2.21. The number of rotatable bonds is 5. The van der Waals surface area contributed by atoms with Gasteiger partial charge in [-0.15, -0.1) is 0 Å². The van der Waals surface area contributed by atoms with Crippen LogP contribution in [0.3, 0.4) is 0 Å². The van der Waals surface area contributed by atoms with Gasteiger partial charge in [0.2, 0.25) is 0 Å². The molecule has 1 fully saturated rings. The van der Waals surface area contributed by atoms with E-state index in [0.717, 1.165) is 24.5 Å². The molecule has 0 saturated heterocycles. The van der Waals surface area contributed by atoms with E-state index in [9.17, 15) is 18.5 Å². The lowest BCUT2D eigenvalue weighted by atomic mass is 9.92. The van der Waals surface area contributed by atoms with Crippen molar-refractivity contribution >= 4 is 21.5 Å².